The molecule has 0 saturated carbocycles. The predicted molar refractivity (Wildman–Crippen MR) is 112 cm³/mol. The van der Waals surface area contributed by atoms with Crippen molar-refractivity contribution in [3.63, 3.8) is 0 Å². The van der Waals surface area contributed by atoms with E-state index in [0.29, 0.717) is 39.3 Å². The molecule has 0 radical (unpaired) electrons. The number of methoxy groups -OCH3 is 1. The highest BCUT2D eigenvalue weighted by Crippen LogP contribution is 2.41. The van der Waals surface area contributed by atoms with Crippen LogP contribution >= 0.6 is 0 Å². The fraction of sp³-hybridized carbons (Fsp3) is 0.261. The van der Waals surface area contributed by atoms with E-state index in [4.69, 9.17) is 23.7 Å². The summed E-state index contributed by atoms with van der Waals surface area (Å²) in [6.45, 7) is 3.77. The highest BCUT2D eigenvalue weighted by molar-refractivity contribution is 6.13. The zero-order chi connectivity index (χ0) is 22.0. The van der Waals surface area contributed by atoms with E-state index in [1.807, 2.05) is 0 Å². The number of hydrogen-bond acceptors (Lipinski definition) is 8. The Balaban J connectivity index is 2.08. The Morgan fingerprint density at radius 3 is 2.45 bits per heavy atom. The van der Waals surface area contributed by atoms with Gasteiger partial charge in [0.25, 0.3) is 0 Å². The van der Waals surface area contributed by atoms with Crippen LogP contribution in [0, 0.1) is 0 Å². The molecule has 0 atom stereocenters. The van der Waals surface area contributed by atoms with Gasteiger partial charge < -0.3 is 23.7 Å². The minimum atomic E-state index is -0.703. The van der Waals surface area contributed by atoms with E-state index in [1.54, 1.807) is 57.4 Å². The molecule has 0 saturated heterocycles. The van der Waals surface area contributed by atoms with Gasteiger partial charge in [-0.05, 0) is 49.7 Å². The third kappa shape index (κ3) is 3.72. The maximum atomic E-state index is 13.0. The number of aromatic nitrogens is 1. The summed E-state index contributed by atoms with van der Waals surface area (Å²) >= 11 is 0. The van der Waals surface area contributed by atoms with E-state index in [1.165, 1.54) is 0 Å². The molecule has 0 spiro atoms. The zero-order valence-electron chi connectivity index (χ0n) is 17.4. The Hall–Kier alpha value is -3.81. The molecule has 0 fully saturated rings. The van der Waals surface area contributed by atoms with Crippen molar-refractivity contribution < 1.29 is 33.3 Å². The molecular formula is C23H21NO7. The SMILES string of the molecule is CCOC(=O)c1nc2ccc(OC)cc2c(-c2ccc3c(c2)OCO3)c1C(=O)OCC. The molecule has 0 amide bonds. The molecule has 3 aromatic rings. The van der Waals surface area contributed by atoms with Gasteiger partial charge in [-0.15, -0.1) is 0 Å². The second-order valence-electron chi connectivity index (χ2n) is 6.60. The van der Waals surface area contributed by atoms with Crippen molar-refractivity contribution in [1.29, 1.82) is 0 Å². The number of pyridine rings is 1. The van der Waals surface area contributed by atoms with Gasteiger partial charge >= 0.3 is 11.9 Å². The average molecular weight is 423 g/mol. The first-order chi connectivity index (χ1) is 15.1. The summed E-state index contributed by atoms with van der Waals surface area (Å²) in [7, 11) is 1.55. The predicted octanol–water partition coefficient (Wildman–Crippen LogP) is 3.99. The summed E-state index contributed by atoms with van der Waals surface area (Å²) in [6.07, 6.45) is 0. The third-order valence-electron chi connectivity index (χ3n) is 4.80. The lowest BCUT2D eigenvalue weighted by Gasteiger charge is -2.17. The van der Waals surface area contributed by atoms with Crippen LogP contribution in [0.2, 0.25) is 0 Å². The van der Waals surface area contributed by atoms with Gasteiger partial charge in [-0.3, -0.25) is 0 Å². The Morgan fingerprint density at radius 1 is 0.968 bits per heavy atom. The summed E-state index contributed by atoms with van der Waals surface area (Å²) in [6, 6.07) is 10.5. The standard InChI is InChI=1S/C23H21NO7/c1-4-28-22(25)20-19(13-6-9-17-18(10-13)31-12-30-17)15-11-14(27-3)7-8-16(15)24-21(20)23(26)29-5-2/h6-11H,4-5,12H2,1-3H3. The van der Waals surface area contributed by atoms with E-state index < -0.39 is 11.9 Å². The van der Waals surface area contributed by atoms with E-state index >= 15 is 0 Å². The summed E-state index contributed by atoms with van der Waals surface area (Å²) in [5.41, 5.74) is 1.54. The zero-order valence-corrected chi connectivity index (χ0v) is 17.4. The molecule has 8 heteroatoms. The van der Waals surface area contributed by atoms with Gasteiger partial charge in [0.2, 0.25) is 6.79 Å². The Morgan fingerprint density at radius 2 is 1.71 bits per heavy atom. The van der Waals surface area contributed by atoms with E-state index in [2.05, 4.69) is 4.98 Å². The molecule has 31 heavy (non-hydrogen) atoms. The van der Waals surface area contributed by atoms with Crippen LogP contribution in [0.25, 0.3) is 22.0 Å². The molecule has 2 heterocycles. The van der Waals surface area contributed by atoms with Crippen molar-refractivity contribution in [3.05, 3.63) is 47.7 Å². The summed E-state index contributed by atoms with van der Waals surface area (Å²) in [4.78, 5) is 30.2. The third-order valence-corrected chi connectivity index (χ3v) is 4.80. The Kier molecular flexibility index (Phi) is 5.62. The van der Waals surface area contributed by atoms with Crippen LogP contribution in [0.4, 0.5) is 0 Å². The number of fused-ring (bicyclic) bond motifs is 2. The maximum absolute atomic E-state index is 13.0. The molecule has 0 unspecified atom stereocenters. The van der Waals surface area contributed by atoms with Gasteiger partial charge in [-0.2, -0.15) is 0 Å². The van der Waals surface area contributed by atoms with Crippen molar-refractivity contribution in [1.82, 2.24) is 4.98 Å². The quantitative estimate of drug-likeness (QED) is 0.550. The molecule has 2 aromatic carbocycles. The molecule has 0 N–H and O–H groups in total. The van der Waals surface area contributed by atoms with Gasteiger partial charge in [0.15, 0.2) is 17.2 Å². The highest BCUT2D eigenvalue weighted by Gasteiger charge is 2.29. The largest absolute Gasteiger partial charge is 0.497 e. The van der Waals surface area contributed by atoms with Crippen LogP contribution in [-0.2, 0) is 9.47 Å². The van der Waals surface area contributed by atoms with Crippen LogP contribution in [0.5, 0.6) is 17.2 Å². The molecule has 8 nitrogen and oxygen atoms in total. The second-order valence-corrected chi connectivity index (χ2v) is 6.60. The number of nitrogens with zero attached hydrogens (tertiary/aromatic N) is 1. The summed E-state index contributed by atoms with van der Waals surface area (Å²) in [5, 5.41) is 0.620. The summed E-state index contributed by atoms with van der Waals surface area (Å²) in [5.74, 6) is 0.344. The molecule has 0 aliphatic carbocycles. The molecule has 160 valence electrons. The fourth-order valence-corrected chi connectivity index (χ4v) is 3.47. The van der Waals surface area contributed by atoms with Crippen LogP contribution in [0.3, 0.4) is 0 Å². The molecule has 1 aliphatic rings. The number of esters is 2. The number of ether oxygens (including phenoxy) is 5. The molecule has 4 rings (SSSR count). The number of carbonyl (C=O) groups is 2. The molecule has 1 aliphatic heterocycles. The lowest BCUT2D eigenvalue weighted by molar-refractivity contribution is 0.0474. The fourth-order valence-electron chi connectivity index (χ4n) is 3.47. The Bertz CT molecular complexity index is 1170. The summed E-state index contributed by atoms with van der Waals surface area (Å²) < 4.78 is 26.7. The lowest BCUT2D eigenvalue weighted by Crippen LogP contribution is -2.18. The maximum Gasteiger partial charge on any atom is 0.357 e. The van der Waals surface area contributed by atoms with E-state index in [-0.39, 0.29) is 31.3 Å². The van der Waals surface area contributed by atoms with E-state index in [9.17, 15) is 9.59 Å². The second kappa shape index (κ2) is 8.51. The molecule has 0 bridgehead atoms. The minimum Gasteiger partial charge on any atom is -0.497 e. The lowest BCUT2D eigenvalue weighted by atomic mass is 9.93. The number of carbonyl (C=O) groups excluding carboxylic acids is 2. The minimum absolute atomic E-state index is 0.0277. The van der Waals surface area contributed by atoms with Gasteiger partial charge in [-0.25, -0.2) is 14.6 Å². The topological polar surface area (TPSA) is 93.2 Å². The number of benzene rings is 2. The van der Waals surface area contributed by atoms with Crippen molar-refractivity contribution in [2.24, 2.45) is 0 Å². The molecular weight excluding hydrogens is 402 g/mol. The Labute approximate surface area is 178 Å². The smallest absolute Gasteiger partial charge is 0.357 e. The van der Waals surface area contributed by atoms with Crippen LogP contribution in [0.15, 0.2) is 36.4 Å². The monoisotopic (exact) mass is 423 g/mol. The van der Waals surface area contributed by atoms with Gasteiger partial charge in [0.1, 0.15) is 11.3 Å². The molecule has 1 aromatic heterocycles. The van der Waals surface area contributed by atoms with Crippen molar-refractivity contribution in [2.45, 2.75) is 13.8 Å². The highest BCUT2D eigenvalue weighted by atomic mass is 16.7. The van der Waals surface area contributed by atoms with Crippen LogP contribution < -0.4 is 14.2 Å². The first kappa shape index (κ1) is 20.5. The number of rotatable bonds is 6. The average Bonchev–Trinajstić information content (AvgIpc) is 3.25. The van der Waals surface area contributed by atoms with Crippen LogP contribution in [0.1, 0.15) is 34.7 Å². The van der Waals surface area contributed by atoms with Gasteiger partial charge in [0, 0.05) is 10.9 Å². The first-order valence-corrected chi connectivity index (χ1v) is 9.83. The van der Waals surface area contributed by atoms with Crippen LogP contribution in [-0.4, -0.2) is 44.0 Å². The van der Waals surface area contributed by atoms with E-state index in [0.717, 1.165) is 0 Å². The van der Waals surface area contributed by atoms with Crippen molar-refractivity contribution in [3.8, 4) is 28.4 Å². The van der Waals surface area contributed by atoms with Gasteiger partial charge in [0.05, 0.1) is 25.8 Å². The van der Waals surface area contributed by atoms with Crippen molar-refractivity contribution >= 4 is 22.8 Å². The first-order valence-electron chi connectivity index (χ1n) is 9.83. The number of hydrogen-bond donors (Lipinski definition) is 0. The van der Waals surface area contributed by atoms with Crippen molar-refractivity contribution in [2.75, 3.05) is 27.1 Å². The normalized spacial score (nSPS) is 12.0. The van der Waals surface area contributed by atoms with Gasteiger partial charge in [-0.1, -0.05) is 6.07 Å².